The van der Waals surface area contributed by atoms with E-state index in [9.17, 15) is 0 Å². The maximum atomic E-state index is 2.28. The van der Waals surface area contributed by atoms with Crippen LogP contribution in [0.1, 0.15) is 34.7 Å². The molecule has 0 saturated heterocycles. The molecule has 0 aromatic heterocycles. The van der Waals surface area contributed by atoms with Gasteiger partial charge in [-0.25, -0.2) is 0 Å². The van der Waals surface area contributed by atoms with Crippen molar-refractivity contribution in [2.75, 3.05) is 0 Å². The van der Waals surface area contributed by atoms with Crippen molar-refractivity contribution in [3.05, 3.63) is 88.0 Å². The summed E-state index contributed by atoms with van der Waals surface area (Å²) in [6, 6.07) is 15.1. The first-order chi connectivity index (χ1) is 10.0. The number of benzene rings is 2. The smallest absolute Gasteiger partial charge is 0.00858 e. The molecule has 0 atom stereocenters. The molecule has 2 aromatic carbocycles. The van der Waals surface area contributed by atoms with Crippen LogP contribution < -0.4 is 0 Å². The van der Waals surface area contributed by atoms with Gasteiger partial charge in [-0.1, -0.05) is 83.0 Å². The summed E-state index contributed by atoms with van der Waals surface area (Å²) < 4.78 is 0. The van der Waals surface area contributed by atoms with Gasteiger partial charge in [0.2, 0.25) is 0 Å². The molecule has 0 aliphatic heterocycles. The Morgan fingerprint density at radius 3 is 1.86 bits per heavy atom. The first-order valence-corrected chi connectivity index (χ1v) is 7.52. The van der Waals surface area contributed by atoms with Crippen LogP contribution in [-0.4, -0.2) is 0 Å². The van der Waals surface area contributed by atoms with Crippen LogP contribution in [0.25, 0.3) is 6.08 Å². The molecule has 0 heterocycles. The van der Waals surface area contributed by atoms with Gasteiger partial charge in [0.05, 0.1) is 0 Å². The average molecular weight is 276 g/mol. The molecular weight excluding hydrogens is 252 g/mol. The van der Waals surface area contributed by atoms with E-state index in [1.807, 2.05) is 0 Å². The van der Waals surface area contributed by atoms with Crippen LogP contribution in [0.2, 0.25) is 0 Å². The summed E-state index contributed by atoms with van der Waals surface area (Å²) in [5.41, 5.74) is 8.15. The third-order valence-corrected chi connectivity index (χ3v) is 3.69. The Hall–Kier alpha value is -2.08. The second-order valence-corrected chi connectivity index (χ2v) is 5.84. The standard InChI is InChI=1S/C13H14.C8H10/c1-10-3-6-12-7-5-11(2)9-13(12)8-4-10;1-7-3-5-8(2)6-4-7/h3-5,7-9H,6H2,1-2H3;3-6H,1-2H3. The number of allylic oxidation sites excluding steroid dienone is 3. The van der Waals surface area contributed by atoms with Crippen LogP contribution in [0.5, 0.6) is 0 Å². The molecule has 0 bridgehead atoms. The summed E-state index contributed by atoms with van der Waals surface area (Å²) in [5, 5.41) is 0. The molecule has 0 nitrogen and oxygen atoms in total. The van der Waals surface area contributed by atoms with E-state index in [2.05, 4.69) is 88.4 Å². The van der Waals surface area contributed by atoms with Crippen molar-refractivity contribution in [3.8, 4) is 0 Å². The quantitative estimate of drug-likeness (QED) is 0.569. The third kappa shape index (κ3) is 4.75. The van der Waals surface area contributed by atoms with Crippen LogP contribution in [-0.2, 0) is 6.42 Å². The highest BCUT2D eigenvalue weighted by Crippen LogP contribution is 2.19. The number of aryl methyl sites for hydroxylation is 3. The molecule has 0 saturated carbocycles. The zero-order valence-electron chi connectivity index (χ0n) is 13.5. The normalized spacial score (nSPS) is 12.7. The number of rotatable bonds is 0. The molecule has 1 aliphatic carbocycles. The van der Waals surface area contributed by atoms with E-state index in [-0.39, 0.29) is 0 Å². The predicted octanol–water partition coefficient (Wildman–Crippen LogP) is 5.81. The fourth-order valence-corrected chi connectivity index (χ4v) is 2.25. The zero-order valence-corrected chi connectivity index (χ0v) is 13.5. The summed E-state index contributed by atoms with van der Waals surface area (Å²) in [5.74, 6) is 0. The minimum Gasteiger partial charge on any atom is -0.0772 e. The van der Waals surface area contributed by atoms with Crippen LogP contribution in [0.15, 0.2) is 60.2 Å². The molecule has 2 aromatic rings. The van der Waals surface area contributed by atoms with Gasteiger partial charge in [-0.2, -0.15) is 0 Å². The maximum absolute atomic E-state index is 2.28. The summed E-state index contributed by atoms with van der Waals surface area (Å²) in [6.07, 6.45) is 7.73. The fourth-order valence-electron chi connectivity index (χ4n) is 2.25. The average Bonchev–Trinajstić information content (AvgIpc) is 2.65. The lowest BCUT2D eigenvalue weighted by Crippen LogP contribution is -1.86. The van der Waals surface area contributed by atoms with Gasteiger partial charge < -0.3 is 0 Å². The van der Waals surface area contributed by atoms with Crippen LogP contribution in [0, 0.1) is 20.8 Å². The van der Waals surface area contributed by atoms with E-state index in [0.29, 0.717) is 0 Å². The molecule has 0 fully saturated rings. The lowest BCUT2D eigenvalue weighted by Gasteiger charge is -2.02. The molecule has 0 heteroatoms. The summed E-state index contributed by atoms with van der Waals surface area (Å²) in [4.78, 5) is 0. The van der Waals surface area contributed by atoms with Gasteiger partial charge >= 0.3 is 0 Å². The molecule has 0 N–H and O–H groups in total. The minimum atomic E-state index is 1.06. The minimum absolute atomic E-state index is 1.06. The van der Waals surface area contributed by atoms with Crippen LogP contribution in [0.3, 0.4) is 0 Å². The predicted molar refractivity (Wildman–Crippen MR) is 93.6 cm³/mol. The highest BCUT2D eigenvalue weighted by Gasteiger charge is 2.01. The van der Waals surface area contributed by atoms with Crippen molar-refractivity contribution in [3.63, 3.8) is 0 Å². The van der Waals surface area contributed by atoms with E-state index in [1.54, 1.807) is 0 Å². The largest absolute Gasteiger partial charge is 0.0772 e. The Morgan fingerprint density at radius 1 is 0.667 bits per heavy atom. The highest BCUT2D eigenvalue weighted by atomic mass is 14.1. The topological polar surface area (TPSA) is 0 Å². The molecule has 0 unspecified atom stereocenters. The Bertz CT molecular complexity index is 634. The van der Waals surface area contributed by atoms with Crippen molar-refractivity contribution in [1.29, 1.82) is 0 Å². The molecule has 21 heavy (non-hydrogen) atoms. The van der Waals surface area contributed by atoms with Gasteiger partial charge in [-0.3, -0.25) is 0 Å². The van der Waals surface area contributed by atoms with Gasteiger partial charge in [0.15, 0.2) is 0 Å². The van der Waals surface area contributed by atoms with Crippen molar-refractivity contribution in [2.24, 2.45) is 0 Å². The lowest BCUT2D eigenvalue weighted by molar-refractivity contribution is 1.23. The first-order valence-electron chi connectivity index (χ1n) is 7.52. The Labute approximate surface area is 128 Å². The number of fused-ring (bicyclic) bond motifs is 1. The van der Waals surface area contributed by atoms with Crippen LogP contribution in [0.4, 0.5) is 0 Å². The second-order valence-electron chi connectivity index (χ2n) is 5.84. The number of hydrogen-bond donors (Lipinski definition) is 0. The van der Waals surface area contributed by atoms with E-state index >= 15 is 0 Å². The van der Waals surface area contributed by atoms with Gasteiger partial charge in [-0.15, -0.1) is 0 Å². The monoisotopic (exact) mass is 276 g/mol. The fraction of sp³-hybridized carbons (Fsp3) is 0.238. The first kappa shape index (κ1) is 15.3. The van der Waals surface area contributed by atoms with E-state index < -0.39 is 0 Å². The van der Waals surface area contributed by atoms with Crippen molar-refractivity contribution in [2.45, 2.75) is 34.1 Å². The highest BCUT2D eigenvalue weighted by molar-refractivity contribution is 5.59. The van der Waals surface area contributed by atoms with Gasteiger partial charge in [0.25, 0.3) is 0 Å². The molecule has 0 amide bonds. The Morgan fingerprint density at radius 2 is 1.24 bits per heavy atom. The zero-order chi connectivity index (χ0) is 15.2. The van der Waals surface area contributed by atoms with Gasteiger partial charge in [0, 0.05) is 0 Å². The van der Waals surface area contributed by atoms with Gasteiger partial charge in [0.1, 0.15) is 0 Å². The molecular formula is C21H24. The molecule has 1 aliphatic rings. The molecule has 3 rings (SSSR count). The van der Waals surface area contributed by atoms with Crippen molar-refractivity contribution in [1.82, 2.24) is 0 Å². The molecule has 0 radical (unpaired) electrons. The third-order valence-electron chi connectivity index (χ3n) is 3.69. The summed E-state index contributed by atoms with van der Waals surface area (Å²) in [6.45, 7) is 8.48. The molecule has 108 valence electrons. The van der Waals surface area contributed by atoms with Crippen molar-refractivity contribution >= 4 is 6.08 Å². The van der Waals surface area contributed by atoms with E-state index in [4.69, 9.17) is 0 Å². The van der Waals surface area contributed by atoms with E-state index in [1.165, 1.54) is 33.4 Å². The SMILES string of the molecule is CC1=CCc2ccc(C)cc2C=C1.Cc1ccc(C)cc1. The maximum Gasteiger partial charge on any atom is -0.00858 e. The lowest BCUT2D eigenvalue weighted by atomic mass is 10.0. The van der Waals surface area contributed by atoms with Crippen LogP contribution >= 0.6 is 0 Å². The Balaban J connectivity index is 0.000000173. The molecule has 0 spiro atoms. The summed E-state index contributed by atoms with van der Waals surface area (Å²) >= 11 is 0. The second kappa shape index (κ2) is 7.08. The van der Waals surface area contributed by atoms with Crippen molar-refractivity contribution < 1.29 is 0 Å². The van der Waals surface area contributed by atoms with Gasteiger partial charge in [-0.05, 0) is 45.2 Å². The van der Waals surface area contributed by atoms with E-state index in [0.717, 1.165) is 6.42 Å². The summed E-state index contributed by atoms with van der Waals surface area (Å²) in [7, 11) is 0. The Kier molecular flexibility index (Phi) is 5.16. The number of hydrogen-bond acceptors (Lipinski definition) is 0.